The topological polar surface area (TPSA) is 58.9 Å². The van der Waals surface area contributed by atoms with E-state index in [0.29, 0.717) is 6.42 Å². The molecule has 4 nitrogen and oxygen atoms in total. The summed E-state index contributed by atoms with van der Waals surface area (Å²) in [5, 5.41) is 0. The second-order valence-electron chi connectivity index (χ2n) is 9.67. The smallest absolute Gasteiger partial charge is 0.152 e. The Bertz CT molecular complexity index is 1330. The summed E-state index contributed by atoms with van der Waals surface area (Å²) in [6.07, 6.45) is 2.65. The van der Waals surface area contributed by atoms with Crippen LogP contribution in [0.3, 0.4) is 0 Å². The van der Waals surface area contributed by atoms with Crippen LogP contribution in [-0.4, -0.2) is 35.6 Å². The van der Waals surface area contributed by atoms with Crippen LogP contribution in [0.2, 0.25) is 0 Å². The van der Waals surface area contributed by atoms with Crippen LogP contribution in [0.5, 0.6) is 0 Å². The van der Waals surface area contributed by atoms with Gasteiger partial charge in [0.2, 0.25) is 0 Å². The minimum absolute atomic E-state index is 0. The van der Waals surface area contributed by atoms with E-state index in [1.54, 1.807) is 6.92 Å². The van der Waals surface area contributed by atoms with E-state index < -0.39 is 0 Å². The van der Waals surface area contributed by atoms with Gasteiger partial charge in [-0.25, -0.2) is 0 Å². The van der Waals surface area contributed by atoms with Crippen LogP contribution in [0.4, 0.5) is 0 Å². The second kappa shape index (κ2) is 22.8. The van der Waals surface area contributed by atoms with E-state index in [0.717, 1.165) is 35.5 Å². The van der Waals surface area contributed by atoms with Gasteiger partial charge in [0, 0.05) is 41.3 Å². The van der Waals surface area contributed by atoms with Gasteiger partial charge in [0.25, 0.3) is 0 Å². The molecule has 4 rings (SSSR count). The maximum absolute atomic E-state index is 11.1. The van der Waals surface area contributed by atoms with Gasteiger partial charge < -0.3 is 4.79 Å². The molecule has 44 heavy (non-hydrogen) atoms. The lowest BCUT2D eigenvalue weighted by Gasteiger charge is -2.11. The molecule has 0 aromatic heterocycles. The van der Waals surface area contributed by atoms with Crippen molar-refractivity contribution in [2.24, 2.45) is 9.98 Å². The van der Waals surface area contributed by atoms with E-state index in [4.69, 9.17) is 4.99 Å². The summed E-state index contributed by atoms with van der Waals surface area (Å²) < 4.78 is 0. The SMILES string of the molecule is C.C.C=CC(C)=O.CC(=O)CCC(C)N=C(c1ccccc1)c1ccccc1.CCN=C(c1ccccc1)c1ccccc1. The minimum Gasteiger partial charge on any atom is -0.300 e. The molecule has 0 saturated heterocycles. The Morgan fingerprint density at radius 2 is 0.977 bits per heavy atom. The molecule has 0 bridgehead atoms. The fourth-order valence-corrected chi connectivity index (χ4v) is 3.90. The number of carbonyl (C=O) groups excluding carboxylic acids is 2. The monoisotopic (exact) mass is 590 g/mol. The molecule has 0 aliphatic rings. The summed E-state index contributed by atoms with van der Waals surface area (Å²) >= 11 is 0. The van der Waals surface area contributed by atoms with Gasteiger partial charge in [-0.2, -0.15) is 0 Å². The Hall–Kier alpha value is -4.70. The van der Waals surface area contributed by atoms with Crippen LogP contribution in [-0.2, 0) is 9.59 Å². The molecule has 1 unspecified atom stereocenters. The normalized spacial score (nSPS) is 9.91. The first kappa shape index (κ1) is 39.3. The van der Waals surface area contributed by atoms with Crippen LogP contribution in [0.1, 0.15) is 77.6 Å². The highest BCUT2D eigenvalue weighted by Gasteiger charge is 2.09. The molecule has 0 fully saturated rings. The van der Waals surface area contributed by atoms with E-state index in [1.807, 2.05) is 72.8 Å². The van der Waals surface area contributed by atoms with Gasteiger partial charge >= 0.3 is 0 Å². The zero-order valence-electron chi connectivity index (χ0n) is 25.2. The molecule has 0 amide bonds. The van der Waals surface area contributed by atoms with Crippen LogP contribution in [0.15, 0.2) is 144 Å². The number of allylic oxidation sites excluding steroid dienone is 1. The zero-order valence-corrected chi connectivity index (χ0v) is 25.2. The molecule has 0 saturated carbocycles. The van der Waals surface area contributed by atoms with E-state index in [9.17, 15) is 9.59 Å². The summed E-state index contributed by atoms with van der Waals surface area (Å²) in [7, 11) is 0. The van der Waals surface area contributed by atoms with Gasteiger partial charge in [-0.15, -0.1) is 0 Å². The predicted molar refractivity (Wildman–Crippen MR) is 191 cm³/mol. The summed E-state index contributed by atoms with van der Waals surface area (Å²) in [6, 6.07) is 41.1. The Kier molecular flexibility index (Phi) is 20.4. The molecule has 1 atom stereocenters. The standard InChI is InChI=1S/C19H21NO.C15H15N.C4H6O.2CH4/c1-15(13-14-16(2)21)20-19(17-9-5-3-6-10-17)18-11-7-4-8-12-18;1-2-16-15(13-9-5-3-6-10-13)14-11-7-4-8-12-14;1-3-4(2)5;;/h3-12,15H,13-14H2,1-2H3;3-12H,2H2,1H3;3H,1H2,2H3;2*1H4. The highest BCUT2D eigenvalue weighted by Crippen LogP contribution is 2.14. The van der Waals surface area contributed by atoms with Gasteiger partial charge in [0.05, 0.1) is 11.4 Å². The Balaban J connectivity index is 0.000000716. The van der Waals surface area contributed by atoms with E-state index in [2.05, 4.69) is 73.9 Å². The number of rotatable bonds is 10. The van der Waals surface area contributed by atoms with Crippen molar-refractivity contribution in [2.45, 2.75) is 61.4 Å². The molecular weight excluding hydrogens is 540 g/mol. The lowest BCUT2D eigenvalue weighted by Crippen LogP contribution is -2.10. The quantitative estimate of drug-likeness (QED) is 0.136. The van der Waals surface area contributed by atoms with Crippen molar-refractivity contribution >= 4 is 23.0 Å². The molecule has 4 aromatic carbocycles. The summed E-state index contributed by atoms with van der Waals surface area (Å²) in [5.41, 5.74) is 6.64. The van der Waals surface area contributed by atoms with Gasteiger partial charge in [0.15, 0.2) is 5.78 Å². The van der Waals surface area contributed by atoms with E-state index in [-0.39, 0.29) is 32.5 Å². The van der Waals surface area contributed by atoms with Crippen LogP contribution < -0.4 is 0 Å². The molecule has 0 aliphatic carbocycles. The van der Waals surface area contributed by atoms with Crippen LogP contribution in [0.25, 0.3) is 0 Å². The molecule has 0 aliphatic heterocycles. The van der Waals surface area contributed by atoms with Gasteiger partial charge in [-0.05, 0) is 40.2 Å². The maximum Gasteiger partial charge on any atom is 0.152 e. The molecule has 4 heteroatoms. The van der Waals surface area contributed by atoms with Crippen molar-refractivity contribution in [1.29, 1.82) is 0 Å². The molecule has 0 spiro atoms. The summed E-state index contributed by atoms with van der Waals surface area (Å²) in [5.74, 6) is 0.239. The molecule has 232 valence electrons. The highest BCUT2D eigenvalue weighted by atomic mass is 16.1. The Labute approximate surface area is 266 Å². The third-order valence-electron chi connectivity index (χ3n) is 6.06. The number of Topliss-reactive ketones (excluding diaryl/α,β-unsaturated/α-hetero) is 1. The lowest BCUT2D eigenvalue weighted by molar-refractivity contribution is -0.117. The average molecular weight is 591 g/mol. The lowest BCUT2D eigenvalue weighted by atomic mass is 10.0. The second-order valence-corrected chi connectivity index (χ2v) is 9.67. The van der Waals surface area contributed by atoms with Crippen molar-refractivity contribution in [2.75, 3.05) is 6.54 Å². The highest BCUT2D eigenvalue weighted by molar-refractivity contribution is 6.13. The number of carbonyl (C=O) groups is 2. The number of hydrogen-bond donors (Lipinski definition) is 0. The van der Waals surface area contributed by atoms with Crippen LogP contribution in [0, 0.1) is 0 Å². The Morgan fingerprint density at radius 3 is 1.25 bits per heavy atom. The third-order valence-corrected chi connectivity index (χ3v) is 6.06. The fourth-order valence-electron chi connectivity index (χ4n) is 3.90. The van der Waals surface area contributed by atoms with Crippen molar-refractivity contribution < 1.29 is 9.59 Å². The Morgan fingerprint density at radius 1 is 0.659 bits per heavy atom. The molecule has 0 heterocycles. The van der Waals surface area contributed by atoms with Gasteiger partial charge in [-0.3, -0.25) is 14.8 Å². The number of hydrogen-bond acceptors (Lipinski definition) is 4. The first-order valence-electron chi connectivity index (χ1n) is 14.3. The summed E-state index contributed by atoms with van der Waals surface area (Å²) in [6.45, 7) is 11.2. The maximum atomic E-state index is 11.1. The van der Waals surface area contributed by atoms with E-state index >= 15 is 0 Å². The summed E-state index contributed by atoms with van der Waals surface area (Å²) in [4.78, 5) is 30.3. The van der Waals surface area contributed by atoms with Gasteiger partial charge in [0.1, 0.15) is 5.78 Å². The minimum atomic E-state index is 0. The average Bonchev–Trinajstić information content (AvgIpc) is 3.03. The zero-order chi connectivity index (χ0) is 30.6. The molecule has 0 radical (unpaired) electrons. The van der Waals surface area contributed by atoms with Crippen molar-refractivity contribution in [3.8, 4) is 0 Å². The fraction of sp³-hybridized carbons (Fsp3) is 0.250. The largest absolute Gasteiger partial charge is 0.300 e. The molecule has 4 aromatic rings. The third kappa shape index (κ3) is 15.0. The predicted octanol–water partition coefficient (Wildman–Crippen LogP) is 9.86. The van der Waals surface area contributed by atoms with E-state index in [1.165, 1.54) is 24.1 Å². The number of benzene rings is 4. The number of nitrogens with zero attached hydrogens (tertiary/aromatic N) is 2. The van der Waals surface area contributed by atoms with Gasteiger partial charge in [-0.1, -0.05) is 143 Å². The molecular formula is C40H50N2O2. The number of aliphatic imine (C=N–C) groups is 2. The first-order valence-corrected chi connectivity index (χ1v) is 14.3. The van der Waals surface area contributed by atoms with Crippen molar-refractivity contribution in [3.63, 3.8) is 0 Å². The van der Waals surface area contributed by atoms with Crippen molar-refractivity contribution in [1.82, 2.24) is 0 Å². The number of ketones is 2. The first-order chi connectivity index (χ1) is 20.3. The molecule has 0 N–H and O–H groups in total. The van der Waals surface area contributed by atoms with Crippen molar-refractivity contribution in [3.05, 3.63) is 156 Å². The van der Waals surface area contributed by atoms with Crippen LogP contribution >= 0.6 is 0 Å².